The predicted molar refractivity (Wildman–Crippen MR) is 126 cm³/mol. The van der Waals surface area contributed by atoms with E-state index in [2.05, 4.69) is 4.89 Å². The zero-order valence-electron chi connectivity index (χ0n) is 19.4. The molecule has 182 valence electrons. The van der Waals surface area contributed by atoms with Crippen LogP contribution in [0.3, 0.4) is 0 Å². The molecule has 33 heavy (non-hydrogen) atoms. The van der Waals surface area contributed by atoms with E-state index in [1.54, 1.807) is 38.1 Å². The van der Waals surface area contributed by atoms with Gasteiger partial charge in [-0.2, -0.15) is 4.33 Å². The van der Waals surface area contributed by atoms with Crippen molar-refractivity contribution in [1.82, 2.24) is 0 Å². The smallest absolute Gasteiger partial charge is 0.342 e. The molecule has 8 nitrogen and oxygen atoms in total. The Morgan fingerprint density at radius 3 is 2.67 bits per heavy atom. The number of fused-ring (bicyclic) bond motifs is 1. The Morgan fingerprint density at radius 1 is 1.18 bits per heavy atom. The van der Waals surface area contributed by atoms with Gasteiger partial charge in [0.15, 0.2) is 5.78 Å². The highest BCUT2D eigenvalue weighted by Crippen LogP contribution is 2.31. The standard InChI is InChI=1S/C24H32O8S/c1-15-9-10-21(26)16(2)20(25)8-5-7-18-13-19(30-11-6-12-33-32-29-4)14-22(27)23(18)24(28)31-17(15)3/h5,7,9-10,13-17,20,25,27H,6,8,11-12H2,1-4H3/b7-5+,10-9-/t15-,16+,17+,20+/m1/s1. The maximum Gasteiger partial charge on any atom is 0.342 e. The molecule has 2 rings (SSSR count). The summed E-state index contributed by atoms with van der Waals surface area (Å²) >= 11 is 1.16. The number of phenolic OH excluding ortho intramolecular Hbond substituents is 1. The molecule has 1 aliphatic rings. The number of ketones is 1. The van der Waals surface area contributed by atoms with Gasteiger partial charge in [-0.05, 0) is 37.5 Å². The lowest BCUT2D eigenvalue weighted by molar-refractivity contribution is -0.160. The summed E-state index contributed by atoms with van der Waals surface area (Å²) in [6.07, 6.45) is 5.81. The molecule has 0 amide bonds. The Labute approximate surface area is 198 Å². The number of phenols is 1. The number of rotatable bonds is 7. The number of hydrogen-bond donors (Lipinski definition) is 2. The van der Waals surface area contributed by atoms with Gasteiger partial charge in [0.1, 0.15) is 23.2 Å². The van der Waals surface area contributed by atoms with E-state index in [9.17, 15) is 19.8 Å². The van der Waals surface area contributed by atoms with Gasteiger partial charge in [-0.1, -0.05) is 32.1 Å². The van der Waals surface area contributed by atoms with Crippen molar-refractivity contribution in [2.75, 3.05) is 19.5 Å². The lowest BCUT2D eigenvalue weighted by Gasteiger charge is -2.20. The van der Waals surface area contributed by atoms with Crippen LogP contribution >= 0.6 is 12.0 Å². The van der Waals surface area contributed by atoms with Crippen LogP contribution in [0.25, 0.3) is 6.08 Å². The molecule has 1 aromatic carbocycles. The number of aromatic hydroxyl groups is 1. The minimum atomic E-state index is -0.885. The highest BCUT2D eigenvalue weighted by atomic mass is 32.2. The van der Waals surface area contributed by atoms with E-state index >= 15 is 0 Å². The van der Waals surface area contributed by atoms with Crippen LogP contribution in [0.1, 0.15) is 49.5 Å². The second-order valence-corrected chi connectivity index (χ2v) is 8.67. The zero-order chi connectivity index (χ0) is 24.4. The van der Waals surface area contributed by atoms with E-state index in [0.717, 1.165) is 12.0 Å². The summed E-state index contributed by atoms with van der Waals surface area (Å²) in [5, 5.41) is 21.0. The number of allylic oxidation sites excluding steroid dienone is 1. The Balaban J connectivity index is 2.30. The van der Waals surface area contributed by atoms with Crippen molar-refractivity contribution in [2.24, 2.45) is 11.8 Å². The van der Waals surface area contributed by atoms with Gasteiger partial charge in [0.25, 0.3) is 0 Å². The third-order valence-electron chi connectivity index (χ3n) is 5.38. The predicted octanol–water partition coefficient (Wildman–Crippen LogP) is 4.11. The molecule has 9 heteroatoms. The third-order valence-corrected chi connectivity index (χ3v) is 6.07. The molecule has 0 bridgehead atoms. The number of cyclic esters (lactones) is 1. The lowest BCUT2D eigenvalue weighted by atomic mass is 9.94. The van der Waals surface area contributed by atoms with Gasteiger partial charge in [0.2, 0.25) is 0 Å². The molecule has 1 heterocycles. The molecule has 0 fully saturated rings. The highest BCUT2D eigenvalue weighted by molar-refractivity contribution is 7.94. The quantitative estimate of drug-likeness (QED) is 0.196. The number of benzene rings is 1. The number of aliphatic hydroxyl groups is 1. The largest absolute Gasteiger partial charge is 0.507 e. The summed E-state index contributed by atoms with van der Waals surface area (Å²) in [4.78, 5) is 29.7. The van der Waals surface area contributed by atoms with E-state index in [0.29, 0.717) is 30.1 Å². The summed E-state index contributed by atoms with van der Waals surface area (Å²) < 4.78 is 16.0. The number of aliphatic hydroxyl groups excluding tert-OH is 1. The third kappa shape index (κ3) is 8.19. The van der Waals surface area contributed by atoms with Crippen LogP contribution in [-0.4, -0.2) is 53.6 Å². The SMILES string of the molecule is COOSCCCOc1cc(O)c2c(c1)/C=C/C[C@H](O)[C@H](C)C(=O)/C=C\[C@@H](C)[C@H](C)OC2=O. The van der Waals surface area contributed by atoms with Crippen molar-refractivity contribution >= 4 is 29.9 Å². The van der Waals surface area contributed by atoms with Crippen LogP contribution in [0.2, 0.25) is 0 Å². The average molecular weight is 481 g/mol. The first-order valence-electron chi connectivity index (χ1n) is 10.8. The fourth-order valence-corrected chi connectivity index (χ4v) is 3.47. The molecule has 0 spiro atoms. The van der Waals surface area contributed by atoms with Crippen molar-refractivity contribution in [2.45, 2.75) is 45.8 Å². The number of carbonyl (C=O) groups excluding carboxylic acids is 2. The molecular weight excluding hydrogens is 448 g/mol. The van der Waals surface area contributed by atoms with E-state index < -0.39 is 24.1 Å². The van der Waals surface area contributed by atoms with Gasteiger partial charge in [0.05, 0.1) is 19.8 Å². The zero-order valence-corrected chi connectivity index (χ0v) is 20.2. The van der Waals surface area contributed by atoms with Crippen molar-refractivity contribution in [3.8, 4) is 11.5 Å². The van der Waals surface area contributed by atoms with Crippen LogP contribution in [0.5, 0.6) is 11.5 Å². The highest BCUT2D eigenvalue weighted by Gasteiger charge is 2.24. The molecule has 0 unspecified atom stereocenters. The Bertz CT molecular complexity index is 866. The maximum absolute atomic E-state index is 12.9. The summed E-state index contributed by atoms with van der Waals surface area (Å²) in [5.74, 6) is -0.930. The van der Waals surface area contributed by atoms with Gasteiger partial charge in [-0.25, -0.2) is 9.68 Å². The molecule has 4 atom stereocenters. The van der Waals surface area contributed by atoms with Crippen molar-refractivity contribution in [1.29, 1.82) is 0 Å². The second-order valence-electron chi connectivity index (χ2n) is 7.89. The number of ether oxygens (including phenoxy) is 2. The average Bonchev–Trinajstić information content (AvgIpc) is 2.77. The van der Waals surface area contributed by atoms with Crippen LogP contribution in [0.15, 0.2) is 30.4 Å². The van der Waals surface area contributed by atoms with Gasteiger partial charge in [0, 0.05) is 35.7 Å². The van der Waals surface area contributed by atoms with E-state index in [-0.39, 0.29) is 29.4 Å². The summed E-state index contributed by atoms with van der Waals surface area (Å²) in [6.45, 7) is 5.58. The minimum Gasteiger partial charge on any atom is -0.507 e. The van der Waals surface area contributed by atoms with Gasteiger partial charge in [-0.15, -0.1) is 0 Å². The van der Waals surface area contributed by atoms with Gasteiger partial charge in [-0.3, -0.25) is 4.79 Å². The second kappa shape index (κ2) is 13.4. The molecule has 0 aromatic heterocycles. The molecule has 1 aromatic rings. The molecule has 0 radical (unpaired) electrons. The van der Waals surface area contributed by atoms with Crippen molar-refractivity contribution in [3.05, 3.63) is 41.5 Å². The number of hydrogen-bond acceptors (Lipinski definition) is 9. The van der Waals surface area contributed by atoms with Crippen molar-refractivity contribution in [3.63, 3.8) is 0 Å². The maximum atomic E-state index is 12.9. The molecule has 1 aliphatic heterocycles. The lowest BCUT2D eigenvalue weighted by Crippen LogP contribution is -2.25. The molecule has 0 aliphatic carbocycles. The Kier molecular flexibility index (Phi) is 10.9. The molecule has 0 saturated heterocycles. The first-order chi connectivity index (χ1) is 15.7. The van der Waals surface area contributed by atoms with Crippen LogP contribution in [0, 0.1) is 11.8 Å². The van der Waals surface area contributed by atoms with Crippen LogP contribution in [0.4, 0.5) is 0 Å². The molecule has 0 saturated carbocycles. The van der Waals surface area contributed by atoms with Crippen molar-refractivity contribution < 1.29 is 38.5 Å². The minimum absolute atomic E-state index is 0.0151. The summed E-state index contributed by atoms with van der Waals surface area (Å²) in [7, 11) is 1.43. The van der Waals surface area contributed by atoms with E-state index in [4.69, 9.17) is 13.8 Å². The fraction of sp³-hybridized carbons (Fsp3) is 0.500. The normalized spacial score (nSPS) is 26.1. The Morgan fingerprint density at radius 2 is 1.94 bits per heavy atom. The summed E-state index contributed by atoms with van der Waals surface area (Å²) in [5.41, 5.74) is 0.409. The number of carbonyl (C=O) groups is 2. The van der Waals surface area contributed by atoms with E-state index in [1.165, 1.54) is 19.3 Å². The van der Waals surface area contributed by atoms with Crippen LogP contribution in [-0.2, 0) is 18.8 Å². The topological polar surface area (TPSA) is 112 Å². The van der Waals surface area contributed by atoms with Crippen LogP contribution < -0.4 is 4.74 Å². The fourth-order valence-electron chi connectivity index (χ4n) is 3.07. The van der Waals surface area contributed by atoms with Gasteiger partial charge < -0.3 is 19.7 Å². The Hall–Kier alpha value is -2.33. The monoisotopic (exact) mass is 480 g/mol. The molecular formula is C24H32O8S. The first kappa shape index (κ1) is 26.9. The van der Waals surface area contributed by atoms with E-state index in [1.807, 2.05) is 6.92 Å². The number of esters is 1. The first-order valence-corrected chi connectivity index (χ1v) is 11.7. The summed E-state index contributed by atoms with van der Waals surface area (Å²) in [6, 6.07) is 3.01. The molecule has 2 N–H and O–H groups in total. The van der Waals surface area contributed by atoms with Gasteiger partial charge >= 0.3 is 5.97 Å².